The third-order valence-corrected chi connectivity index (χ3v) is 7.00. The zero-order valence-electron chi connectivity index (χ0n) is 19.1. The first-order valence-electron chi connectivity index (χ1n) is 11.4. The van der Waals surface area contributed by atoms with Gasteiger partial charge >= 0.3 is 5.97 Å². The summed E-state index contributed by atoms with van der Waals surface area (Å²) in [4.78, 5) is 28.0. The molecular weight excluding hydrogens is 444 g/mol. The van der Waals surface area contributed by atoms with Crippen molar-refractivity contribution in [2.24, 2.45) is 0 Å². The minimum absolute atomic E-state index is 0.0333. The Morgan fingerprint density at radius 3 is 2.97 bits per heavy atom. The fourth-order valence-electron chi connectivity index (χ4n) is 5.10. The first-order chi connectivity index (χ1) is 17.1. The molecule has 6 rings (SSSR count). The maximum absolute atomic E-state index is 11.9. The van der Waals surface area contributed by atoms with Gasteiger partial charge < -0.3 is 9.84 Å². The van der Waals surface area contributed by atoms with E-state index in [9.17, 15) is 9.90 Å². The number of aliphatic hydroxyl groups is 1. The number of hydrogen-bond donors (Lipinski definition) is 1. The van der Waals surface area contributed by atoms with Crippen LogP contribution in [0.5, 0.6) is 0 Å². The quantitative estimate of drug-likeness (QED) is 0.456. The summed E-state index contributed by atoms with van der Waals surface area (Å²) < 4.78 is 7.02. The number of nitriles is 1. The van der Waals surface area contributed by atoms with Crippen molar-refractivity contribution >= 4 is 17.0 Å². The van der Waals surface area contributed by atoms with Crippen molar-refractivity contribution in [3.05, 3.63) is 81.9 Å². The summed E-state index contributed by atoms with van der Waals surface area (Å²) in [6.45, 7) is 3.58. The molecule has 5 heterocycles. The zero-order chi connectivity index (χ0) is 24.1. The van der Waals surface area contributed by atoms with Gasteiger partial charge in [-0.1, -0.05) is 6.07 Å². The molecule has 2 aliphatic heterocycles. The number of rotatable bonds is 4. The smallest absolute Gasteiger partial charge is 0.338 e. The molecule has 0 radical (unpaired) electrons. The lowest BCUT2D eigenvalue weighted by Crippen LogP contribution is -2.37. The van der Waals surface area contributed by atoms with Crippen LogP contribution in [0.3, 0.4) is 0 Å². The third kappa shape index (κ3) is 3.46. The van der Waals surface area contributed by atoms with Gasteiger partial charge in [0.2, 0.25) is 5.95 Å². The summed E-state index contributed by atoms with van der Waals surface area (Å²) in [5.74, 6) is 0.258. The molecule has 35 heavy (non-hydrogen) atoms. The second kappa shape index (κ2) is 8.27. The number of carbonyl (C=O) groups excluding carboxylic acids is 1. The van der Waals surface area contributed by atoms with Crippen LogP contribution in [0.4, 0.5) is 0 Å². The van der Waals surface area contributed by atoms with Crippen molar-refractivity contribution in [3.8, 4) is 12.0 Å². The molecule has 0 spiro atoms. The molecule has 1 aromatic carbocycles. The van der Waals surface area contributed by atoms with Gasteiger partial charge in [-0.3, -0.25) is 9.47 Å². The molecule has 174 valence electrons. The van der Waals surface area contributed by atoms with Crippen LogP contribution in [-0.2, 0) is 24.3 Å². The molecule has 0 saturated carbocycles. The van der Waals surface area contributed by atoms with Crippen molar-refractivity contribution in [1.82, 2.24) is 24.4 Å². The van der Waals surface area contributed by atoms with Crippen molar-refractivity contribution in [2.75, 3.05) is 13.2 Å². The zero-order valence-corrected chi connectivity index (χ0v) is 19.1. The van der Waals surface area contributed by atoms with Crippen LogP contribution >= 0.6 is 0 Å². The van der Waals surface area contributed by atoms with E-state index in [-0.39, 0.29) is 25.2 Å². The number of nitrogens with zero attached hydrogens (tertiary/aromatic N) is 6. The number of fused-ring (bicyclic) bond motifs is 3. The van der Waals surface area contributed by atoms with Crippen LogP contribution in [0, 0.1) is 18.3 Å². The molecule has 0 saturated heterocycles. The van der Waals surface area contributed by atoms with Gasteiger partial charge in [0.1, 0.15) is 18.3 Å². The van der Waals surface area contributed by atoms with Crippen molar-refractivity contribution in [3.63, 3.8) is 0 Å². The minimum Gasteiger partial charge on any atom is -0.457 e. The molecule has 1 atom stereocenters. The summed E-state index contributed by atoms with van der Waals surface area (Å²) in [5, 5.41) is 20.3. The van der Waals surface area contributed by atoms with E-state index in [0.717, 1.165) is 46.3 Å². The lowest BCUT2D eigenvalue weighted by Gasteiger charge is -2.35. The summed E-state index contributed by atoms with van der Waals surface area (Å²) in [6.07, 6.45) is 5.98. The van der Waals surface area contributed by atoms with Crippen LogP contribution in [0.2, 0.25) is 0 Å². The van der Waals surface area contributed by atoms with E-state index in [1.54, 1.807) is 18.3 Å². The largest absolute Gasteiger partial charge is 0.457 e. The number of carbonyl (C=O) groups is 1. The van der Waals surface area contributed by atoms with E-state index >= 15 is 0 Å². The van der Waals surface area contributed by atoms with Gasteiger partial charge in [0.05, 0.1) is 29.5 Å². The van der Waals surface area contributed by atoms with Gasteiger partial charge in [0.15, 0.2) is 0 Å². The van der Waals surface area contributed by atoms with Crippen LogP contribution in [0.25, 0.3) is 17.0 Å². The number of esters is 1. The Hall–Kier alpha value is -4.13. The molecule has 4 aromatic rings. The average molecular weight is 467 g/mol. The van der Waals surface area contributed by atoms with Crippen molar-refractivity contribution < 1.29 is 14.6 Å². The monoisotopic (exact) mass is 466 g/mol. The SMILES string of the molecule is Cc1c(C(CO)N2CCc3nc(-n4ccc5cc(C#N)cnc54)ncc3C2)ccc2c1COC2=O. The molecule has 9 heteroatoms. The number of ether oxygens (including phenoxy) is 1. The Morgan fingerprint density at radius 1 is 1.26 bits per heavy atom. The highest BCUT2D eigenvalue weighted by molar-refractivity contribution is 5.94. The lowest BCUT2D eigenvalue weighted by atomic mass is 9.92. The second-order valence-electron chi connectivity index (χ2n) is 8.88. The number of benzene rings is 1. The number of hydrogen-bond acceptors (Lipinski definition) is 8. The van der Waals surface area contributed by atoms with Crippen LogP contribution in [0.15, 0.2) is 42.9 Å². The fraction of sp³-hybridized carbons (Fsp3) is 0.269. The number of aromatic nitrogens is 4. The molecule has 3 aromatic heterocycles. The van der Waals surface area contributed by atoms with E-state index in [2.05, 4.69) is 20.9 Å². The van der Waals surface area contributed by atoms with Crippen LogP contribution in [-0.4, -0.2) is 48.6 Å². The average Bonchev–Trinajstić information content (AvgIpc) is 3.49. The standard InChI is InChI=1S/C26H22N6O3/c1-15-19(2-3-20-21(15)14-35-25(20)34)23(13-33)31-6-5-22-18(12-31)11-29-26(30-22)32-7-4-17-8-16(9-27)10-28-24(17)32/h2-4,7-8,10-11,23,33H,5-6,12-14H2,1H3. The van der Waals surface area contributed by atoms with Gasteiger partial charge in [-0.15, -0.1) is 0 Å². The summed E-state index contributed by atoms with van der Waals surface area (Å²) in [6, 6.07) is 9.34. The molecule has 0 fully saturated rings. The lowest BCUT2D eigenvalue weighted by molar-refractivity contribution is 0.0534. The summed E-state index contributed by atoms with van der Waals surface area (Å²) >= 11 is 0. The van der Waals surface area contributed by atoms with Gasteiger partial charge in [-0.25, -0.2) is 19.7 Å². The first-order valence-corrected chi connectivity index (χ1v) is 11.4. The Labute approximate surface area is 201 Å². The van der Waals surface area contributed by atoms with Gasteiger partial charge in [-0.2, -0.15) is 5.26 Å². The molecule has 1 unspecified atom stereocenters. The molecule has 0 amide bonds. The van der Waals surface area contributed by atoms with Crippen molar-refractivity contribution in [2.45, 2.75) is 32.5 Å². The number of cyclic esters (lactones) is 1. The first kappa shape index (κ1) is 21.4. The predicted octanol–water partition coefficient (Wildman–Crippen LogP) is 2.76. The normalized spacial score (nSPS) is 16.0. The van der Waals surface area contributed by atoms with E-state index in [1.165, 1.54) is 0 Å². The highest BCUT2D eigenvalue weighted by Gasteiger charge is 2.30. The topological polar surface area (TPSA) is 117 Å². The van der Waals surface area contributed by atoms with E-state index in [0.29, 0.717) is 29.3 Å². The van der Waals surface area contributed by atoms with E-state index in [1.807, 2.05) is 36.0 Å². The van der Waals surface area contributed by atoms with Gasteiger partial charge in [0.25, 0.3) is 0 Å². The predicted molar refractivity (Wildman–Crippen MR) is 126 cm³/mol. The van der Waals surface area contributed by atoms with Crippen molar-refractivity contribution in [1.29, 1.82) is 5.26 Å². The molecular formula is C26H22N6O3. The summed E-state index contributed by atoms with van der Waals surface area (Å²) in [5.41, 5.74) is 6.74. The Kier molecular flexibility index (Phi) is 5.06. The minimum atomic E-state index is -0.286. The molecule has 9 nitrogen and oxygen atoms in total. The highest BCUT2D eigenvalue weighted by Crippen LogP contribution is 2.33. The number of aliphatic hydroxyl groups excluding tert-OH is 1. The van der Waals surface area contributed by atoms with Crippen LogP contribution in [0.1, 0.15) is 49.9 Å². The second-order valence-corrected chi connectivity index (χ2v) is 8.88. The van der Waals surface area contributed by atoms with Crippen LogP contribution < -0.4 is 0 Å². The van der Waals surface area contributed by atoms with Gasteiger partial charge in [0, 0.05) is 54.6 Å². The summed E-state index contributed by atoms with van der Waals surface area (Å²) in [7, 11) is 0. The van der Waals surface area contributed by atoms with E-state index in [4.69, 9.17) is 15.0 Å². The maximum atomic E-state index is 11.9. The fourth-order valence-corrected chi connectivity index (χ4v) is 5.10. The van der Waals surface area contributed by atoms with Gasteiger partial charge in [-0.05, 0) is 36.2 Å². The molecule has 2 aliphatic rings. The Bertz CT molecular complexity index is 1540. The Balaban J connectivity index is 1.28. The highest BCUT2D eigenvalue weighted by atomic mass is 16.5. The number of pyridine rings is 1. The Morgan fingerprint density at radius 2 is 2.14 bits per heavy atom. The molecule has 0 aliphatic carbocycles. The maximum Gasteiger partial charge on any atom is 0.338 e. The third-order valence-electron chi connectivity index (χ3n) is 7.00. The molecule has 0 bridgehead atoms. The molecule has 1 N–H and O–H groups in total. The van der Waals surface area contributed by atoms with E-state index < -0.39 is 0 Å².